The Labute approximate surface area is 165 Å². The smallest absolute Gasteiger partial charge is 0.279 e. The zero-order chi connectivity index (χ0) is 20.9. The highest BCUT2D eigenvalue weighted by molar-refractivity contribution is 6.14. The molecule has 28 heavy (non-hydrogen) atoms. The van der Waals surface area contributed by atoms with Gasteiger partial charge in [0.2, 0.25) is 0 Å². The quantitative estimate of drug-likeness (QED) is 0.831. The Balaban J connectivity index is 2.39. The molecular formula is C24H28N2O2. The molecule has 1 heterocycles. The predicted octanol–water partition coefficient (Wildman–Crippen LogP) is 3.25. The van der Waals surface area contributed by atoms with Gasteiger partial charge >= 0.3 is 0 Å². The van der Waals surface area contributed by atoms with Crippen molar-refractivity contribution < 1.29 is 4.79 Å². The van der Waals surface area contributed by atoms with Crippen LogP contribution in [0.5, 0.6) is 0 Å². The number of hydrogen-bond acceptors (Lipinski definition) is 2. The molecule has 1 N–H and O–H groups in total. The van der Waals surface area contributed by atoms with Crippen molar-refractivity contribution in [1.29, 1.82) is 0 Å². The molecule has 0 saturated heterocycles. The van der Waals surface area contributed by atoms with Gasteiger partial charge in [0, 0.05) is 11.1 Å². The molecular weight excluding hydrogens is 348 g/mol. The van der Waals surface area contributed by atoms with Gasteiger partial charge in [-0.2, -0.15) is 0 Å². The standard InChI is InChI=1S/C24H28N2O2/c1-15-20(22(28)26(25-15)17-11-9-8-10-12-17)16-13-18(23(2,3)4)21(27)19(14-16)24(5,6)7/h8-14,25H,1H2,2-7H3. The second kappa shape index (κ2) is 6.62. The van der Waals surface area contributed by atoms with Gasteiger partial charge in [-0.3, -0.25) is 14.7 Å². The van der Waals surface area contributed by atoms with Crippen LogP contribution in [0.3, 0.4) is 0 Å². The third-order valence-electron chi connectivity index (χ3n) is 4.97. The second-order valence-corrected chi connectivity index (χ2v) is 9.34. The van der Waals surface area contributed by atoms with Crippen LogP contribution in [0, 0.1) is 10.8 Å². The van der Waals surface area contributed by atoms with Gasteiger partial charge < -0.3 is 0 Å². The largest absolute Gasteiger partial charge is 0.291 e. The van der Waals surface area contributed by atoms with Crippen LogP contribution < -0.4 is 16.1 Å². The van der Waals surface area contributed by atoms with E-state index in [9.17, 15) is 9.59 Å². The lowest BCUT2D eigenvalue weighted by Gasteiger charge is -2.31. The number of ketones is 1. The molecule has 0 atom stereocenters. The van der Waals surface area contributed by atoms with Crippen molar-refractivity contribution in [3.63, 3.8) is 0 Å². The van der Waals surface area contributed by atoms with Crippen LogP contribution in [-0.2, 0) is 4.79 Å². The summed E-state index contributed by atoms with van der Waals surface area (Å²) in [6.07, 6.45) is 3.71. The minimum absolute atomic E-state index is 0.0493. The Morgan fingerprint density at radius 2 is 1.36 bits per heavy atom. The van der Waals surface area contributed by atoms with Gasteiger partial charge in [0.1, 0.15) is 0 Å². The molecule has 0 radical (unpaired) electrons. The van der Waals surface area contributed by atoms with Gasteiger partial charge in [-0.15, -0.1) is 0 Å². The van der Waals surface area contributed by atoms with Crippen molar-refractivity contribution in [3.8, 4) is 5.69 Å². The normalized spacial score (nSPS) is 15.5. The van der Waals surface area contributed by atoms with E-state index in [0.717, 1.165) is 11.3 Å². The molecule has 0 bridgehead atoms. The lowest BCUT2D eigenvalue weighted by Crippen LogP contribution is -2.37. The van der Waals surface area contributed by atoms with Gasteiger partial charge in [-0.1, -0.05) is 66.3 Å². The molecule has 0 amide bonds. The summed E-state index contributed by atoms with van der Waals surface area (Å²) < 4.78 is 1.50. The molecule has 146 valence electrons. The third-order valence-corrected chi connectivity index (χ3v) is 4.97. The van der Waals surface area contributed by atoms with E-state index >= 15 is 0 Å². The molecule has 1 aliphatic rings. The summed E-state index contributed by atoms with van der Waals surface area (Å²) in [5, 5.41) is 4.11. The fourth-order valence-corrected chi connectivity index (χ4v) is 3.43. The fraction of sp³-hybridized carbons (Fsp3) is 0.333. The summed E-state index contributed by atoms with van der Waals surface area (Å²) >= 11 is 0. The first-order valence-electron chi connectivity index (χ1n) is 9.50. The molecule has 4 nitrogen and oxygen atoms in total. The van der Waals surface area contributed by atoms with E-state index in [1.807, 2.05) is 84.0 Å². The summed E-state index contributed by atoms with van der Waals surface area (Å²) in [4.78, 5) is 26.3. The van der Waals surface area contributed by atoms with E-state index in [0.29, 0.717) is 21.7 Å². The Bertz CT molecular complexity index is 1120. The zero-order valence-electron chi connectivity index (χ0n) is 17.5. The van der Waals surface area contributed by atoms with Crippen molar-refractivity contribution in [2.24, 2.45) is 10.8 Å². The Hall–Kier alpha value is -2.88. The maximum absolute atomic E-state index is 13.2. The van der Waals surface area contributed by atoms with Crippen molar-refractivity contribution in [3.05, 3.63) is 74.6 Å². The van der Waals surface area contributed by atoms with E-state index in [-0.39, 0.29) is 22.2 Å². The molecule has 0 unspecified atom stereocenters. The lowest BCUT2D eigenvalue weighted by atomic mass is 9.72. The Morgan fingerprint density at radius 1 is 0.857 bits per heavy atom. The van der Waals surface area contributed by atoms with Crippen molar-refractivity contribution >= 4 is 17.9 Å². The van der Waals surface area contributed by atoms with Crippen molar-refractivity contribution in [2.75, 3.05) is 0 Å². The number of aromatic nitrogens is 2. The first-order valence-corrected chi connectivity index (χ1v) is 9.50. The molecule has 2 aromatic rings. The number of para-hydroxylation sites is 1. The van der Waals surface area contributed by atoms with Crippen molar-refractivity contribution in [2.45, 2.75) is 41.5 Å². The number of carbonyl (C=O) groups is 1. The van der Waals surface area contributed by atoms with Gasteiger partial charge in [-0.05, 0) is 40.7 Å². The summed E-state index contributed by atoms with van der Waals surface area (Å²) in [5.74, 6) is 0.0493. The zero-order valence-corrected chi connectivity index (χ0v) is 17.5. The number of carbonyl (C=O) groups excluding carboxylic acids is 1. The highest BCUT2D eigenvalue weighted by Gasteiger charge is 2.34. The number of allylic oxidation sites excluding steroid dienone is 4. The van der Waals surface area contributed by atoms with E-state index in [1.54, 1.807) is 0 Å². The van der Waals surface area contributed by atoms with E-state index in [1.165, 1.54) is 4.68 Å². The van der Waals surface area contributed by atoms with Crippen molar-refractivity contribution in [1.82, 2.24) is 9.78 Å². The summed E-state index contributed by atoms with van der Waals surface area (Å²) in [6, 6.07) is 9.40. The van der Waals surface area contributed by atoms with Crippen LogP contribution >= 0.6 is 0 Å². The number of nitrogens with one attached hydrogen (secondary N) is 1. The number of hydrogen-bond donors (Lipinski definition) is 1. The van der Waals surface area contributed by atoms with Gasteiger partial charge in [0.25, 0.3) is 5.56 Å². The molecule has 1 aromatic heterocycles. The maximum atomic E-state index is 13.2. The van der Waals surface area contributed by atoms with Crippen LogP contribution in [0.2, 0.25) is 0 Å². The number of benzene rings is 1. The highest BCUT2D eigenvalue weighted by Crippen LogP contribution is 2.38. The van der Waals surface area contributed by atoms with Crippen LogP contribution in [0.4, 0.5) is 0 Å². The molecule has 0 aliphatic heterocycles. The average Bonchev–Trinajstić information content (AvgIpc) is 2.88. The maximum Gasteiger partial charge on any atom is 0.279 e. The SMILES string of the molecule is C=c1[nH]n(-c2ccccc2)c(=O)c1=C1C=C(C(C)(C)C)C(=O)C(C(C)(C)C)=C1. The molecule has 0 spiro atoms. The lowest BCUT2D eigenvalue weighted by molar-refractivity contribution is -0.114. The van der Waals surface area contributed by atoms with Crippen LogP contribution in [0.1, 0.15) is 41.5 Å². The first kappa shape index (κ1) is 19.9. The van der Waals surface area contributed by atoms with Crippen LogP contribution in [0.15, 0.2) is 58.4 Å². The molecule has 3 rings (SSSR count). The Morgan fingerprint density at radius 3 is 1.82 bits per heavy atom. The minimum Gasteiger partial charge on any atom is -0.291 e. The molecule has 4 heteroatoms. The van der Waals surface area contributed by atoms with Crippen LogP contribution in [0.25, 0.3) is 17.8 Å². The highest BCUT2D eigenvalue weighted by atomic mass is 16.1. The fourth-order valence-electron chi connectivity index (χ4n) is 3.43. The van der Waals surface area contributed by atoms with E-state index < -0.39 is 0 Å². The number of H-pyrrole nitrogens is 1. The monoisotopic (exact) mass is 376 g/mol. The van der Waals surface area contributed by atoms with Gasteiger partial charge in [-0.25, -0.2) is 4.68 Å². The number of rotatable bonds is 1. The molecule has 1 aromatic carbocycles. The predicted molar refractivity (Wildman–Crippen MR) is 115 cm³/mol. The molecule has 1 aliphatic carbocycles. The average molecular weight is 377 g/mol. The number of Topliss-reactive ketones (excluding diaryl/α,β-unsaturated/α-hetero) is 1. The third kappa shape index (κ3) is 3.47. The molecule has 0 saturated carbocycles. The van der Waals surface area contributed by atoms with E-state index in [4.69, 9.17) is 0 Å². The second-order valence-electron chi connectivity index (χ2n) is 9.34. The van der Waals surface area contributed by atoms with Gasteiger partial charge in [0.15, 0.2) is 5.78 Å². The summed E-state index contributed by atoms with van der Waals surface area (Å²) in [5.41, 5.74) is 2.07. The Kier molecular flexibility index (Phi) is 4.70. The van der Waals surface area contributed by atoms with Crippen LogP contribution in [-0.4, -0.2) is 15.6 Å². The van der Waals surface area contributed by atoms with Gasteiger partial charge in [0.05, 0.1) is 16.3 Å². The number of aromatic amines is 1. The van der Waals surface area contributed by atoms with E-state index in [2.05, 4.69) is 11.7 Å². The first-order chi connectivity index (χ1) is 12.9. The summed E-state index contributed by atoms with van der Waals surface area (Å²) in [7, 11) is 0. The topological polar surface area (TPSA) is 54.9 Å². The summed E-state index contributed by atoms with van der Waals surface area (Å²) in [6.45, 7) is 16.2. The molecule has 0 fully saturated rings. The number of nitrogens with zero attached hydrogens (tertiary/aromatic N) is 1. The minimum atomic E-state index is -0.330.